The SMILES string of the molecule is CCCCCCS(=O)(=O)NC(O)(Oc1cccc2c1OC1CCCC21)C(=O)O. The van der Waals surface area contributed by atoms with E-state index in [0.29, 0.717) is 18.6 Å². The first-order valence-electron chi connectivity index (χ1n) is 9.72. The molecule has 3 atom stereocenters. The maximum atomic E-state index is 12.3. The first-order chi connectivity index (χ1) is 13.3. The molecule has 0 amide bonds. The second kappa shape index (κ2) is 8.26. The Morgan fingerprint density at radius 2 is 2.11 bits per heavy atom. The van der Waals surface area contributed by atoms with E-state index in [9.17, 15) is 23.4 Å². The van der Waals surface area contributed by atoms with E-state index in [-0.39, 0.29) is 23.5 Å². The lowest BCUT2D eigenvalue weighted by atomic mass is 9.97. The van der Waals surface area contributed by atoms with Gasteiger partial charge in [0, 0.05) is 11.5 Å². The summed E-state index contributed by atoms with van der Waals surface area (Å²) in [7, 11) is -4.06. The number of rotatable bonds is 10. The molecule has 0 bridgehead atoms. The molecule has 1 heterocycles. The van der Waals surface area contributed by atoms with Gasteiger partial charge in [0.1, 0.15) is 6.10 Å². The van der Waals surface area contributed by atoms with Crippen molar-refractivity contribution in [3.8, 4) is 11.5 Å². The summed E-state index contributed by atoms with van der Waals surface area (Å²) < 4.78 is 37.5. The Hall–Kier alpha value is -1.84. The molecule has 1 aliphatic carbocycles. The minimum absolute atomic E-state index is 0.00508. The molecule has 3 unspecified atom stereocenters. The Balaban J connectivity index is 1.77. The van der Waals surface area contributed by atoms with Gasteiger partial charge in [0.05, 0.1) is 5.75 Å². The van der Waals surface area contributed by atoms with Crippen LogP contribution in [0.25, 0.3) is 0 Å². The Kier molecular flexibility index (Phi) is 6.16. The number of fused-ring (bicyclic) bond motifs is 3. The molecule has 9 heteroatoms. The van der Waals surface area contributed by atoms with Gasteiger partial charge in [0.25, 0.3) is 0 Å². The summed E-state index contributed by atoms with van der Waals surface area (Å²) in [5, 5.41) is 19.9. The van der Waals surface area contributed by atoms with Crippen LogP contribution < -0.4 is 14.2 Å². The molecule has 8 nitrogen and oxygen atoms in total. The van der Waals surface area contributed by atoms with Crippen molar-refractivity contribution in [1.29, 1.82) is 0 Å². The van der Waals surface area contributed by atoms with Crippen LogP contribution in [0.2, 0.25) is 0 Å². The molecular formula is C19H27NO7S. The molecule has 0 spiro atoms. The van der Waals surface area contributed by atoms with Crippen molar-refractivity contribution >= 4 is 16.0 Å². The summed E-state index contributed by atoms with van der Waals surface area (Å²) in [4.78, 5) is 11.6. The normalized spacial score (nSPS) is 22.8. The Morgan fingerprint density at radius 3 is 2.82 bits per heavy atom. The van der Waals surface area contributed by atoms with Gasteiger partial charge in [0.15, 0.2) is 11.5 Å². The van der Waals surface area contributed by atoms with Crippen molar-refractivity contribution in [2.45, 2.75) is 69.8 Å². The molecule has 1 aromatic rings. The maximum Gasteiger partial charge on any atom is 0.395 e. The predicted octanol–water partition coefficient (Wildman–Crippen LogP) is 2.32. The Labute approximate surface area is 164 Å². The zero-order valence-electron chi connectivity index (χ0n) is 15.9. The lowest BCUT2D eigenvalue weighted by Crippen LogP contribution is -2.59. The molecule has 1 aromatic carbocycles. The zero-order chi connectivity index (χ0) is 20.4. The molecule has 0 saturated heterocycles. The van der Waals surface area contributed by atoms with Gasteiger partial charge >= 0.3 is 11.9 Å². The van der Waals surface area contributed by atoms with Gasteiger partial charge in [-0.3, -0.25) is 0 Å². The van der Waals surface area contributed by atoms with Gasteiger partial charge in [-0.1, -0.05) is 38.3 Å². The number of hydrogen-bond acceptors (Lipinski definition) is 6. The zero-order valence-corrected chi connectivity index (χ0v) is 16.7. The molecular weight excluding hydrogens is 386 g/mol. The first-order valence-corrected chi connectivity index (χ1v) is 11.4. The fraction of sp³-hybridized carbons (Fsp3) is 0.632. The molecule has 0 radical (unpaired) electrons. The fourth-order valence-corrected chi connectivity index (χ4v) is 5.09. The van der Waals surface area contributed by atoms with Crippen LogP contribution in [-0.4, -0.2) is 42.4 Å². The van der Waals surface area contributed by atoms with Gasteiger partial charge in [-0.2, -0.15) is 0 Å². The van der Waals surface area contributed by atoms with Gasteiger partial charge in [-0.05, 0) is 31.7 Å². The smallest absolute Gasteiger partial charge is 0.395 e. The highest BCUT2D eigenvalue weighted by Crippen LogP contribution is 2.50. The van der Waals surface area contributed by atoms with Gasteiger partial charge in [-0.15, -0.1) is 4.72 Å². The average Bonchev–Trinajstić information content (AvgIpc) is 3.20. The second-order valence-electron chi connectivity index (χ2n) is 7.40. The van der Waals surface area contributed by atoms with Gasteiger partial charge < -0.3 is 19.7 Å². The number of benzene rings is 1. The van der Waals surface area contributed by atoms with E-state index < -0.39 is 21.9 Å². The van der Waals surface area contributed by atoms with Crippen molar-refractivity contribution in [3.63, 3.8) is 0 Å². The topological polar surface area (TPSA) is 122 Å². The van der Waals surface area contributed by atoms with Crippen LogP contribution in [0.15, 0.2) is 18.2 Å². The van der Waals surface area contributed by atoms with Crippen LogP contribution in [-0.2, 0) is 14.8 Å². The quantitative estimate of drug-likeness (QED) is 0.397. The Morgan fingerprint density at radius 1 is 1.32 bits per heavy atom. The monoisotopic (exact) mass is 413 g/mol. The third-order valence-electron chi connectivity index (χ3n) is 5.24. The fourth-order valence-electron chi connectivity index (χ4n) is 3.85. The summed E-state index contributed by atoms with van der Waals surface area (Å²) >= 11 is 0. The lowest BCUT2D eigenvalue weighted by molar-refractivity contribution is -0.197. The number of nitrogens with one attached hydrogen (secondary N) is 1. The number of carbonyl (C=O) groups is 1. The van der Waals surface area contributed by atoms with Crippen molar-refractivity contribution < 1.29 is 32.9 Å². The number of carboxylic acid groups (broad SMARTS) is 1. The van der Waals surface area contributed by atoms with Crippen LogP contribution in [0.4, 0.5) is 0 Å². The number of para-hydroxylation sites is 1. The van der Waals surface area contributed by atoms with Crippen LogP contribution in [0.1, 0.15) is 63.4 Å². The highest BCUT2D eigenvalue weighted by Gasteiger charge is 2.46. The summed E-state index contributed by atoms with van der Waals surface area (Å²) in [5.41, 5.74) is 0.898. The first kappa shape index (κ1) is 20.9. The number of aliphatic carboxylic acids is 1. The van der Waals surface area contributed by atoms with Crippen LogP contribution in [0.3, 0.4) is 0 Å². The predicted molar refractivity (Wildman–Crippen MR) is 102 cm³/mol. The van der Waals surface area contributed by atoms with E-state index in [4.69, 9.17) is 9.47 Å². The van der Waals surface area contributed by atoms with Gasteiger partial charge in [0.2, 0.25) is 10.0 Å². The minimum Gasteiger partial charge on any atom is -0.486 e. The summed E-state index contributed by atoms with van der Waals surface area (Å²) in [6.45, 7) is 2.00. The number of unbranched alkanes of at least 4 members (excludes halogenated alkanes) is 3. The number of aliphatic hydroxyl groups is 1. The van der Waals surface area contributed by atoms with Crippen LogP contribution in [0.5, 0.6) is 11.5 Å². The molecule has 3 rings (SSSR count). The third kappa shape index (κ3) is 4.42. The standard InChI is InChI=1S/C19H27NO7S/c1-2-3-4-5-12-28(24,25)20-19(23,18(21)22)27-16-11-7-9-14-13-8-6-10-15(13)26-17(14)16/h7,9,11,13,15,20,23H,2-6,8,10,12H2,1H3,(H,21,22). The molecule has 2 aliphatic rings. The van der Waals surface area contributed by atoms with Crippen molar-refractivity contribution in [2.75, 3.05) is 5.75 Å². The van der Waals surface area contributed by atoms with Crippen LogP contribution in [0, 0.1) is 0 Å². The molecule has 0 aromatic heterocycles. The summed E-state index contributed by atoms with van der Waals surface area (Å²) in [5.74, 6) is -4.66. The van der Waals surface area contributed by atoms with E-state index in [1.807, 2.05) is 13.0 Å². The number of hydrogen-bond donors (Lipinski definition) is 3. The number of carboxylic acids is 1. The van der Waals surface area contributed by atoms with Gasteiger partial charge in [-0.25, -0.2) is 13.2 Å². The molecule has 1 aliphatic heterocycles. The van der Waals surface area contributed by atoms with E-state index in [2.05, 4.69) is 0 Å². The average molecular weight is 413 g/mol. The number of ether oxygens (including phenoxy) is 2. The second-order valence-corrected chi connectivity index (χ2v) is 9.24. The van der Waals surface area contributed by atoms with E-state index in [0.717, 1.165) is 37.7 Å². The minimum atomic E-state index is -4.06. The summed E-state index contributed by atoms with van der Waals surface area (Å²) in [6.07, 6.45) is 5.81. The molecule has 1 saturated carbocycles. The lowest BCUT2D eigenvalue weighted by Gasteiger charge is -2.26. The van der Waals surface area contributed by atoms with Crippen molar-refractivity contribution in [2.24, 2.45) is 0 Å². The highest BCUT2D eigenvalue weighted by atomic mass is 32.2. The van der Waals surface area contributed by atoms with Crippen molar-refractivity contribution in [1.82, 2.24) is 4.72 Å². The molecule has 28 heavy (non-hydrogen) atoms. The largest absolute Gasteiger partial charge is 0.486 e. The maximum absolute atomic E-state index is 12.3. The van der Waals surface area contributed by atoms with E-state index in [1.54, 1.807) is 10.8 Å². The van der Waals surface area contributed by atoms with E-state index >= 15 is 0 Å². The van der Waals surface area contributed by atoms with Crippen LogP contribution >= 0.6 is 0 Å². The Bertz CT molecular complexity index is 826. The summed E-state index contributed by atoms with van der Waals surface area (Å²) in [6, 6.07) is 5.03. The highest BCUT2D eigenvalue weighted by molar-refractivity contribution is 7.89. The molecule has 3 N–H and O–H groups in total. The van der Waals surface area contributed by atoms with E-state index in [1.165, 1.54) is 6.07 Å². The third-order valence-corrected chi connectivity index (χ3v) is 6.65. The molecule has 156 valence electrons. The molecule has 1 fully saturated rings. The van der Waals surface area contributed by atoms with Crippen molar-refractivity contribution in [3.05, 3.63) is 23.8 Å². The number of sulfonamides is 1.